The van der Waals surface area contributed by atoms with Crippen LogP contribution in [0.4, 0.5) is 0 Å². The van der Waals surface area contributed by atoms with E-state index in [4.69, 9.17) is 0 Å². The highest BCUT2D eigenvalue weighted by molar-refractivity contribution is 5.78. The van der Waals surface area contributed by atoms with E-state index in [1.165, 1.54) is 18.5 Å². The van der Waals surface area contributed by atoms with Gasteiger partial charge in [0.05, 0.1) is 12.2 Å². The summed E-state index contributed by atoms with van der Waals surface area (Å²) in [6.07, 6.45) is 9.69. The fourth-order valence-electron chi connectivity index (χ4n) is 2.74. The molecule has 0 radical (unpaired) electrons. The summed E-state index contributed by atoms with van der Waals surface area (Å²) in [6, 6.07) is 2.14. The highest BCUT2D eigenvalue weighted by Crippen LogP contribution is 2.39. The molecular weight excluding hydrogens is 238 g/mol. The molecule has 1 aromatic heterocycles. The van der Waals surface area contributed by atoms with Crippen LogP contribution in [0.1, 0.15) is 49.4 Å². The molecule has 3 rings (SSSR count). The first-order valence-corrected chi connectivity index (χ1v) is 7.19. The molecule has 1 amide bonds. The maximum absolute atomic E-state index is 12.0. The van der Waals surface area contributed by atoms with Crippen molar-refractivity contribution in [2.24, 2.45) is 13.0 Å². The van der Waals surface area contributed by atoms with Gasteiger partial charge in [0.1, 0.15) is 0 Å². The summed E-state index contributed by atoms with van der Waals surface area (Å²) in [5.41, 5.74) is 2.29. The van der Waals surface area contributed by atoms with Crippen molar-refractivity contribution in [2.45, 2.75) is 44.6 Å². The van der Waals surface area contributed by atoms with Gasteiger partial charge in [-0.25, -0.2) is 0 Å². The van der Waals surface area contributed by atoms with Gasteiger partial charge in [0.25, 0.3) is 0 Å². The average Bonchev–Trinajstić information content (AvgIpc) is 3.21. The quantitative estimate of drug-likeness (QED) is 0.843. The summed E-state index contributed by atoms with van der Waals surface area (Å²) in [6.45, 7) is 0.555. The monoisotopic (exact) mass is 259 g/mol. The van der Waals surface area contributed by atoms with Gasteiger partial charge in [-0.05, 0) is 38.2 Å². The molecule has 2 aliphatic rings. The van der Waals surface area contributed by atoms with Crippen molar-refractivity contribution >= 4 is 5.91 Å². The van der Waals surface area contributed by atoms with Gasteiger partial charge < -0.3 is 5.32 Å². The zero-order valence-corrected chi connectivity index (χ0v) is 11.4. The average molecular weight is 259 g/mol. The summed E-state index contributed by atoms with van der Waals surface area (Å²) in [5.74, 6) is 1.02. The molecule has 1 heterocycles. The molecule has 1 N–H and O–H groups in total. The topological polar surface area (TPSA) is 46.9 Å². The second kappa shape index (κ2) is 5.19. The van der Waals surface area contributed by atoms with E-state index in [9.17, 15) is 4.79 Å². The molecule has 4 heteroatoms. The van der Waals surface area contributed by atoms with E-state index in [0.717, 1.165) is 25.0 Å². The van der Waals surface area contributed by atoms with Gasteiger partial charge in [0.15, 0.2) is 0 Å². The molecular formula is C15H21N3O. The molecule has 102 valence electrons. The van der Waals surface area contributed by atoms with Crippen LogP contribution in [0.2, 0.25) is 0 Å². The SMILES string of the molecule is Cn1nc(CNC(=O)[C@H]2CC=CCC2)cc1C1CC1. The molecule has 1 fully saturated rings. The maximum Gasteiger partial charge on any atom is 0.223 e. The van der Waals surface area contributed by atoms with Crippen molar-refractivity contribution in [2.75, 3.05) is 0 Å². The summed E-state index contributed by atoms with van der Waals surface area (Å²) in [5, 5.41) is 7.50. The number of allylic oxidation sites excluding steroid dienone is 2. The zero-order chi connectivity index (χ0) is 13.2. The lowest BCUT2D eigenvalue weighted by Crippen LogP contribution is -2.30. The molecule has 0 saturated heterocycles. The molecule has 1 saturated carbocycles. The van der Waals surface area contributed by atoms with Crippen molar-refractivity contribution in [3.05, 3.63) is 29.6 Å². The lowest BCUT2D eigenvalue weighted by Gasteiger charge is -2.16. The Bertz CT molecular complexity index is 499. The van der Waals surface area contributed by atoms with Gasteiger partial charge in [0.2, 0.25) is 5.91 Å². The smallest absolute Gasteiger partial charge is 0.223 e. The van der Waals surface area contributed by atoms with Crippen molar-refractivity contribution < 1.29 is 4.79 Å². The number of hydrogen-bond donors (Lipinski definition) is 1. The van der Waals surface area contributed by atoms with Gasteiger partial charge >= 0.3 is 0 Å². The van der Waals surface area contributed by atoms with E-state index >= 15 is 0 Å². The molecule has 19 heavy (non-hydrogen) atoms. The Morgan fingerprint density at radius 1 is 1.42 bits per heavy atom. The Balaban J connectivity index is 1.55. The van der Waals surface area contributed by atoms with E-state index in [2.05, 4.69) is 28.6 Å². The van der Waals surface area contributed by atoms with Gasteiger partial charge in [-0.15, -0.1) is 0 Å². The second-order valence-electron chi connectivity index (χ2n) is 5.66. The second-order valence-corrected chi connectivity index (χ2v) is 5.66. The first-order valence-electron chi connectivity index (χ1n) is 7.19. The van der Waals surface area contributed by atoms with Crippen molar-refractivity contribution in [1.82, 2.24) is 15.1 Å². The Morgan fingerprint density at radius 3 is 2.95 bits per heavy atom. The molecule has 0 aromatic carbocycles. The van der Waals surface area contributed by atoms with Gasteiger partial charge in [-0.1, -0.05) is 12.2 Å². The molecule has 4 nitrogen and oxygen atoms in total. The number of rotatable bonds is 4. The third-order valence-corrected chi connectivity index (χ3v) is 4.05. The number of nitrogens with one attached hydrogen (secondary N) is 1. The normalized spacial score (nSPS) is 22.5. The van der Waals surface area contributed by atoms with Crippen LogP contribution in [0.15, 0.2) is 18.2 Å². The summed E-state index contributed by atoms with van der Waals surface area (Å²) in [7, 11) is 1.99. The van der Waals surface area contributed by atoms with Crippen LogP contribution in [0.5, 0.6) is 0 Å². The molecule has 1 atom stereocenters. The number of hydrogen-bond acceptors (Lipinski definition) is 2. The standard InChI is InChI=1S/C15H21N3O/c1-18-14(11-7-8-11)9-13(17-18)10-16-15(19)12-5-3-2-4-6-12/h2-3,9,11-12H,4-8,10H2,1H3,(H,16,19)/t12-/m0/s1. The predicted octanol–water partition coefficient (Wildman–Crippen LogP) is 2.27. The Hall–Kier alpha value is -1.58. The van der Waals surface area contributed by atoms with E-state index in [0.29, 0.717) is 12.5 Å². The Kier molecular flexibility index (Phi) is 3.40. The highest BCUT2D eigenvalue weighted by Gasteiger charge is 2.27. The molecule has 0 unspecified atom stereocenters. The summed E-state index contributed by atoms with van der Waals surface area (Å²) < 4.78 is 1.96. The van der Waals surface area contributed by atoms with Crippen molar-refractivity contribution in [3.8, 4) is 0 Å². The fraction of sp³-hybridized carbons (Fsp3) is 0.600. The third kappa shape index (κ3) is 2.88. The molecule has 2 aliphatic carbocycles. The highest BCUT2D eigenvalue weighted by atomic mass is 16.1. The first-order chi connectivity index (χ1) is 9.24. The van der Waals surface area contributed by atoms with Crippen LogP contribution in [0, 0.1) is 5.92 Å². The molecule has 1 aromatic rings. The van der Waals surface area contributed by atoms with Crippen LogP contribution in [-0.2, 0) is 18.4 Å². The number of carbonyl (C=O) groups is 1. The number of nitrogens with zero attached hydrogens (tertiary/aromatic N) is 2. The minimum absolute atomic E-state index is 0.150. The minimum atomic E-state index is 0.150. The largest absolute Gasteiger partial charge is 0.350 e. The van der Waals surface area contributed by atoms with E-state index < -0.39 is 0 Å². The van der Waals surface area contributed by atoms with Crippen LogP contribution >= 0.6 is 0 Å². The van der Waals surface area contributed by atoms with Crippen molar-refractivity contribution in [1.29, 1.82) is 0 Å². The number of carbonyl (C=O) groups excluding carboxylic acids is 1. The van der Waals surface area contributed by atoms with Crippen LogP contribution < -0.4 is 5.32 Å². The zero-order valence-electron chi connectivity index (χ0n) is 11.4. The van der Waals surface area contributed by atoms with Crippen LogP contribution in [0.3, 0.4) is 0 Å². The van der Waals surface area contributed by atoms with E-state index in [1.54, 1.807) is 0 Å². The lowest BCUT2D eigenvalue weighted by atomic mass is 9.94. The predicted molar refractivity (Wildman–Crippen MR) is 73.5 cm³/mol. The minimum Gasteiger partial charge on any atom is -0.350 e. The fourth-order valence-corrected chi connectivity index (χ4v) is 2.74. The molecule has 0 aliphatic heterocycles. The van der Waals surface area contributed by atoms with E-state index in [1.807, 2.05) is 11.7 Å². The molecule has 0 spiro atoms. The number of aromatic nitrogens is 2. The van der Waals surface area contributed by atoms with Crippen molar-refractivity contribution in [3.63, 3.8) is 0 Å². The van der Waals surface area contributed by atoms with Gasteiger partial charge in [-0.2, -0.15) is 5.10 Å². The number of aryl methyl sites for hydroxylation is 1. The maximum atomic E-state index is 12.0. The van der Waals surface area contributed by atoms with Crippen LogP contribution in [-0.4, -0.2) is 15.7 Å². The van der Waals surface area contributed by atoms with Crippen LogP contribution in [0.25, 0.3) is 0 Å². The Labute approximate surface area is 113 Å². The lowest BCUT2D eigenvalue weighted by molar-refractivity contribution is -0.125. The van der Waals surface area contributed by atoms with Gasteiger partial charge in [0, 0.05) is 24.6 Å². The van der Waals surface area contributed by atoms with Gasteiger partial charge in [-0.3, -0.25) is 9.48 Å². The number of amides is 1. The summed E-state index contributed by atoms with van der Waals surface area (Å²) in [4.78, 5) is 12.0. The summed E-state index contributed by atoms with van der Waals surface area (Å²) >= 11 is 0. The van der Waals surface area contributed by atoms with E-state index in [-0.39, 0.29) is 11.8 Å². The molecule has 0 bridgehead atoms. The Morgan fingerprint density at radius 2 is 2.26 bits per heavy atom. The third-order valence-electron chi connectivity index (χ3n) is 4.05. The first kappa shape index (κ1) is 12.5.